The Hall–Kier alpha value is -1.60. The maximum Gasteiger partial charge on any atom is 0.254 e. The number of carbonyl (C=O) groups is 1. The Bertz CT molecular complexity index is 612. The Morgan fingerprint density at radius 2 is 2.11 bits per heavy atom. The van der Waals surface area contributed by atoms with Crippen LogP contribution in [0, 0.1) is 0 Å². The van der Waals surface area contributed by atoms with Crippen LogP contribution in [0.3, 0.4) is 0 Å². The monoisotopic (exact) mass is 284 g/mol. The summed E-state index contributed by atoms with van der Waals surface area (Å²) in [4.78, 5) is 13.7. The van der Waals surface area contributed by atoms with Crippen molar-refractivity contribution in [3.8, 4) is 0 Å². The number of hydrogen-bond acceptors (Lipinski definition) is 5. The van der Waals surface area contributed by atoms with Gasteiger partial charge >= 0.3 is 0 Å². The molecule has 19 heavy (non-hydrogen) atoms. The topological polar surface area (TPSA) is 101 Å². The van der Waals surface area contributed by atoms with E-state index in [0.29, 0.717) is 13.0 Å². The quantitative estimate of drug-likeness (QED) is 0.737. The molecule has 0 unspecified atom stereocenters. The van der Waals surface area contributed by atoms with Crippen molar-refractivity contribution < 1.29 is 18.3 Å². The van der Waals surface area contributed by atoms with Gasteiger partial charge in [-0.1, -0.05) is 0 Å². The molecule has 104 valence electrons. The second-order valence-corrected chi connectivity index (χ2v) is 6.77. The molecule has 1 saturated heterocycles. The van der Waals surface area contributed by atoms with Crippen molar-refractivity contribution in [2.24, 2.45) is 0 Å². The lowest BCUT2D eigenvalue weighted by atomic mass is 10.2. The van der Waals surface area contributed by atoms with Crippen LogP contribution in [0.2, 0.25) is 0 Å². The minimum absolute atomic E-state index is 0.0237. The average molecular weight is 284 g/mol. The van der Waals surface area contributed by atoms with Crippen molar-refractivity contribution in [1.82, 2.24) is 4.90 Å². The number of benzene rings is 1. The second-order valence-electron chi connectivity index (χ2n) is 4.76. The van der Waals surface area contributed by atoms with Crippen molar-refractivity contribution >= 4 is 21.4 Å². The maximum atomic E-state index is 12.2. The zero-order valence-electron chi connectivity index (χ0n) is 10.5. The number of β-amino-alcohol motifs (C(OH)–C–C–N with tert-alkyl or cyclic N) is 1. The molecule has 1 aliphatic rings. The lowest BCUT2D eigenvalue weighted by Crippen LogP contribution is -2.29. The van der Waals surface area contributed by atoms with E-state index >= 15 is 0 Å². The summed E-state index contributed by atoms with van der Waals surface area (Å²) in [6.07, 6.45) is 1.09. The molecule has 1 heterocycles. The van der Waals surface area contributed by atoms with E-state index in [1.54, 1.807) is 0 Å². The largest absolute Gasteiger partial charge is 0.399 e. The molecular weight excluding hydrogens is 268 g/mol. The van der Waals surface area contributed by atoms with E-state index in [1.807, 2.05) is 0 Å². The van der Waals surface area contributed by atoms with Crippen molar-refractivity contribution in [2.45, 2.75) is 17.4 Å². The summed E-state index contributed by atoms with van der Waals surface area (Å²) in [5, 5.41) is 9.42. The van der Waals surface area contributed by atoms with Crippen molar-refractivity contribution in [3.63, 3.8) is 0 Å². The summed E-state index contributed by atoms with van der Waals surface area (Å²) in [5.74, 6) is -0.311. The van der Waals surface area contributed by atoms with Gasteiger partial charge in [-0.3, -0.25) is 4.79 Å². The summed E-state index contributed by atoms with van der Waals surface area (Å²) in [6, 6.07) is 4.09. The van der Waals surface area contributed by atoms with Gasteiger partial charge in [0.2, 0.25) is 0 Å². The fraction of sp³-hybridized carbons (Fsp3) is 0.417. The number of nitrogens with zero attached hydrogens (tertiary/aromatic N) is 1. The highest BCUT2D eigenvalue weighted by Crippen LogP contribution is 2.20. The van der Waals surface area contributed by atoms with Gasteiger partial charge in [-0.15, -0.1) is 0 Å². The molecule has 0 aromatic heterocycles. The molecule has 3 N–H and O–H groups in total. The number of carbonyl (C=O) groups excluding carboxylic acids is 1. The lowest BCUT2D eigenvalue weighted by Gasteiger charge is -2.16. The summed E-state index contributed by atoms with van der Waals surface area (Å²) in [6.45, 7) is 0.727. The second kappa shape index (κ2) is 4.82. The van der Waals surface area contributed by atoms with E-state index < -0.39 is 15.9 Å². The molecular formula is C12H16N2O4S. The minimum atomic E-state index is -3.42. The number of rotatable bonds is 2. The van der Waals surface area contributed by atoms with Gasteiger partial charge in [0, 0.05) is 30.6 Å². The highest BCUT2D eigenvalue weighted by molar-refractivity contribution is 7.90. The number of aliphatic hydroxyl groups is 1. The van der Waals surface area contributed by atoms with Gasteiger partial charge in [-0.05, 0) is 24.6 Å². The molecule has 1 fully saturated rings. The lowest BCUT2D eigenvalue weighted by molar-refractivity contribution is 0.0765. The Balaban J connectivity index is 2.35. The Morgan fingerprint density at radius 3 is 2.63 bits per heavy atom. The normalized spacial score (nSPS) is 19.7. The van der Waals surface area contributed by atoms with Crippen molar-refractivity contribution in [3.05, 3.63) is 23.8 Å². The van der Waals surface area contributed by atoms with Crippen LogP contribution in [0.25, 0.3) is 0 Å². The summed E-state index contributed by atoms with van der Waals surface area (Å²) >= 11 is 0. The number of nitrogens with two attached hydrogens (primary N) is 1. The van der Waals surface area contributed by atoms with Crippen LogP contribution >= 0.6 is 0 Å². The first kappa shape index (κ1) is 13.8. The number of sulfone groups is 1. The maximum absolute atomic E-state index is 12.2. The number of aliphatic hydroxyl groups excluding tert-OH is 1. The third-order valence-electron chi connectivity index (χ3n) is 3.05. The average Bonchev–Trinajstić information content (AvgIpc) is 2.73. The van der Waals surface area contributed by atoms with Crippen molar-refractivity contribution in [1.29, 1.82) is 0 Å². The van der Waals surface area contributed by atoms with E-state index in [4.69, 9.17) is 5.73 Å². The van der Waals surface area contributed by atoms with E-state index in [1.165, 1.54) is 23.1 Å². The van der Waals surface area contributed by atoms with Gasteiger partial charge in [0.15, 0.2) is 9.84 Å². The van der Waals surface area contributed by atoms with E-state index in [2.05, 4.69) is 0 Å². The van der Waals surface area contributed by atoms with E-state index in [9.17, 15) is 18.3 Å². The number of nitrogen functional groups attached to an aromatic ring is 1. The first-order valence-electron chi connectivity index (χ1n) is 5.85. The molecule has 1 amide bonds. The summed E-state index contributed by atoms with van der Waals surface area (Å²) in [5.41, 5.74) is 6.09. The van der Waals surface area contributed by atoms with Gasteiger partial charge in [0.1, 0.15) is 0 Å². The van der Waals surface area contributed by atoms with Crippen LogP contribution in [-0.4, -0.2) is 49.8 Å². The summed E-state index contributed by atoms with van der Waals surface area (Å²) in [7, 11) is -3.42. The molecule has 0 spiro atoms. The number of likely N-dealkylation sites (tertiary alicyclic amines) is 1. The van der Waals surface area contributed by atoms with Crippen LogP contribution in [0.1, 0.15) is 16.8 Å². The van der Waals surface area contributed by atoms with Crippen molar-refractivity contribution in [2.75, 3.05) is 25.1 Å². The molecule has 7 heteroatoms. The fourth-order valence-corrected chi connectivity index (χ4v) is 2.76. The molecule has 2 rings (SSSR count). The Kier molecular flexibility index (Phi) is 3.51. The molecule has 1 aliphatic heterocycles. The third-order valence-corrected chi connectivity index (χ3v) is 4.15. The SMILES string of the molecule is CS(=O)(=O)c1cc(N)cc(C(=O)N2CC[C@H](O)C2)c1. The van der Waals surface area contributed by atoms with Gasteiger partial charge in [-0.25, -0.2) is 8.42 Å². The highest BCUT2D eigenvalue weighted by Gasteiger charge is 2.26. The smallest absolute Gasteiger partial charge is 0.254 e. The van der Waals surface area contributed by atoms with E-state index in [-0.39, 0.29) is 28.6 Å². The van der Waals surface area contributed by atoms with Gasteiger partial charge in [0.25, 0.3) is 5.91 Å². The molecule has 0 bridgehead atoms. The summed E-state index contributed by atoms with van der Waals surface area (Å²) < 4.78 is 23.0. The van der Waals surface area contributed by atoms with Crippen LogP contribution in [0.4, 0.5) is 5.69 Å². The van der Waals surface area contributed by atoms with Crippen LogP contribution in [0.5, 0.6) is 0 Å². The van der Waals surface area contributed by atoms with Gasteiger partial charge in [-0.2, -0.15) is 0 Å². The standard InChI is InChI=1S/C12H16N2O4S/c1-19(17,18)11-5-8(4-9(13)6-11)12(16)14-3-2-10(15)7-14/h4-6,10,15H,2-3,7,13H2,1H3/t10-/m0/s1. The molecule has 0 aliphatic carbocycles. The molecule has 0 radical (unpaired) electrons. The first-order chi connectivity index (χ1) is 8.77. The predicted octanol–water partition coefficient (Wildman–Crippen LogP) is -0.121. The highest BCUT2D eigenvalue weighted by atomic mass is 32.2. The third kappa shape index (κ3) is 3.05. The van der Waals surface area contributed by atoms with E-state index in [0.717, 1.165) is 6.26 Å². The van der Waals surface area contributed by atoms with Crippen LogP contribution < -0.4 is 5.73 Å². The number of amides is 1. The molecule has 6 nitrogen and oxygen atoms in total. The molecule has 1 aromatic rings. The molecule has 1 atom stereocenters. The Labute approximate surface area is 111 Å². The number of anilines is 1. The van der Waals surface area contributed by atoms with Crippen LogP contribution in [0.15, 0.2) is 23.1 Å². The zero-order chi connectivity index (χ0) is 14.2. The van der Waals surface area contributed by atoms with Gasteiger partial charge in [0.05, 0.1) is 11.0 Å². The van der Waals surface area contributed by atoms with Gasteiger partial charge < -0.3 is 15.7 Å². The fourth-order valence-electron chi connectivity index (χ4n) is 2.07. The zero-order valence-corrected chi connectivity index (χ0v) is 11.4. The minimum Gasteiger partial charge on any atom is -0.399 e. The Morgan fingerprint density at radius 1 is 1.42 bits per heavy atom. The predicted molar refractivity (Wildman–Crippen MR) is 70.5 cm³/mol. The van der Waals surface area contributed by atoms with Crippen LogP contribution in [-0.2, 0) is 9.84 Å². The number of hydrogen-bond donors (Lipinski definition) is 2. The first-order valence-corrected chi connectivity index (χ1v) is 7.74. The molecule has 0 saturated carbocycles. The molecule has 1 aromatic carbocycles.